The highest BCUT2D eigenvalue weighted by Crippen LogP contribution is 2.08. The van der Waals surface area contributed by atoms with Crippen LogP contribution in [-0.4, -0.2) is 48.4 Å². The monoisotopic (exact) mass is 296 g/mol. The predicted octanol–water partition coefficient (Wildman–Crippen LogP) is -2.07. The van der Waals surface area contributed by atoms with E-state index in [1.54, 1.807) is 0 Å². The number of hydrogen-bond donors (Lipinski definition) is 2. The van der Waals surface area contributed by atoms with Gasteiger partial charge in [-0.15, -0.1) is 0 Å². The van der Waals surface area contributed by atoms with Gasteiger partial charge in [0.15, 0.2) is 12.2 Å². The van der Waals surface area contributed by atoms with Gasteiger partial charge in [0.25, 0.3) is 11.8 Å². The third kappa shape index (κ3) is 3.88. The summed E-state index contributed by atoms with van der Waals surface area (Å²) in [6.45, 7) is 0.424. The fourth-order valence-corrected chi connectivity index (χ4v) is 1.80. The molecule has 112 valence electrons. The largest absolute Gasteiger partial charge is 0.449 e. The molecule has 9 nitrogen and oxygen atoms in total. The zero-order valence-corrected chi connectivity index (χ0v) is 10.8. The molecule has 0 bridgehead atoms. The maximum Gasteiger partial charge on any atom is 0.331 e. The summed E-state index contributed by atoms with van der Waals surface area (Å²) in [6, 6.07) is 0. The van der Waals surface area contributed by atoms with E-state index in [1.165, 1.54) is 0 Å². The highest BCUT2D eigenvalue weighted by atomic mass is 16.6. The van der Waals surface area contributed by atoms with Gasteiger partial charge in [-0.05, 0) is 0 Å². The Morgan fingerprint density at radius 2 is 1.62 bits per heavy atom. The van der Waals surface area contributed by atoms with Crippen LogP contribution in [0, 0.1) is 0 Å². The van der Waals surface area contributed by atoms with Crippen molar-refractivity contribution < 1.29 is 33.4 Å². The molecule has 2 aliphatic rings. The quantitative estimate of drug-likeness (QED) is 0.346. The van der Waals surface area contributed by atoms with Gasteiger partial charge >= 0.3 is 11.9 Å². The molecule has 2 unspecified atom stereocenters. The summed E-state index contributed by atoms with van der Waals surface area (Å²) in [7, 11) is 0. The summed E-state index contributed by atoms with van der Waals surface area (Å²) in [4.78, 5) is 55.9. The van der Waals surface area contributed by atoms with Gasteiger partial charge < -0.3 is 14.8 Å². The predicted molar refractivity (Wildman–Crippen MR) is 64.3 cm³/mol. The lowest BCUT2D eigenvalue weighted by molar-refractivity contribution is -0.150. The molecule has 2 N–H and O–H groups in total. The Hall–Kier alpha value is -2.71. The van der Waals surface area contributed by atoms with Gasteiger partial charge in [-0.25, -0.2) is 9.59 Å². The van der Waals surface area contributed by atoms with Crippen LogP contribution in [0.15, 0.2) is 12.2 Å². The van der Waals surface area contributed by atoms with Crippen molar-refractivity contribution in [2.24, 2.45) is 0 Å². The van der Waals surface area contributed by atoms with Crippen molar-refractivity contribution in [2.75, 3.05) is 6.54 Å². The van der Waals surface area contributed by atoms with Crippen LogP contribution in [0.4, 0.5) is 0 Å². The normalized spacial score (nSPS) is 24.9. The molecule has 2 fully saturated rings. The van der Waals surface area contributed by atoms with Crippen molar-refractivity contribution in [3.8, 4) is 0 Å². The highest BCUT2D eigenvalue weighted by molar-refractivity contribution is 6.06. The maximum atomic E-state index is 11.4. The molecule has 21 heavy (non-hydrogen) atoms. The van der Waals surface area contributed by atoms with Crippen LogP contribution < -0.4 is 10.6 Å². The summed E-state index contributed by atoms with van der Waals surface area (Å²) in [5.41, 5.74) is 0. The van der Waals surface area contributed by atoms with E-state index in [1.807, 2.05) is 5.32 Å². The summed E-state index contributed by atoms with van der Waals surface area (Å²) < 4.78 is 9.49. The van der Waals surface area contributed by atoms with Crippen LogP contribution in [0.5, 0.6) is 0 Å². The molecule has 2 atom stereocenters. The smallest absolute Gasteiger partial charge is 0.331 e. The van der Waals surface area contributed by atoms with E-state index >= 15 is 0 Å². The van der Waals surface area contributed by atoms with Gasteiger partial charge in [-0.1, -0.05) is 0 Å². The second-order valence-electron chi connectivity index (χ2n) is 4.38. The van der Waals surface area contributed by atoms with E-state index < -0.39 is 36.0 Å². The Kier molecular flexibility index (Phi) is 4.31. The topological polar surface area (TPSA) is 128 Å². The van der Waals surface area contributed by atoms with Gasteiger partial charge in [-0.2, -0.15) is 0 Å². The van der Waals surface area contributed by atoms with Crippen LogP contribution in [-0.2, 0) is 33.4 Å². The van der Waals surface area contributed by atoms with Crippen LogP contribution in [0.2, 0.25) is 0 Å². The fourth-order valence-electron chi connectivity index (χ4n) is 1.80. The Labute approximate surface area is 118 Å². The molecule has 2 aliphatic heterocycles. The molecule has 3 amide bonds. The molecule has 0 saturated carbocycles. The first-order chi connectivity index (χ1) is 9.95. The van der Waals surface area contributed by atoms with Gasteiger partial charge in [-0.3, -0.25) is 19.7 Å². The highest BCUT2D eigenvalue weighted by Gasteiger charge is 2.33. The minimum Gasteiger partial charge on any atom is -0.449 e. The Balaban J connectivity index is 1.79. The minimum atomic E-state index is -1.19. The van der Waals surface area contributed by atoms with Crippen molar-refractivity contribution in [2.45, 2.75) is 25.0 Å². The number of hydrogen-bond acceptors (Lipinski definition) is 7. The van der Waals surface area contributed by atoms with Crippen LogP contribution in [0.3, 0.4) is 0 Å². The lowest BCUT2D eigenvalue weighted by Gasteiger charge is -2.07. The Bertz CT molecular complexity index is 540. The first-order valence-corrected chi connectivity index (χ1v) is 6.16. The number of rotatable bonds is 4. The van der Waals surface area contributed by atoms with E-state index in [0.29, 0.717) is 13.0 Å². The zero-order chi connectivity index (χ0) is 15.4. The third-order valence-corrected chi connectivity index (χ3v) is 2.80. The van der Waals surface area contributed by atoms with E-state index in [2.05, 4.69) is 10.1 Å². The molecule has 9 heteroatoms. The number of imide groups is 1. The summed E-state index contributed by atoms with van der Waals surface area (Å²) in [5.74, 6) is -3.46. The van der Waals surface area contributed by atoms with Crippen LogP contribution >= 0.6 is 0 Å². The summed E-state index contributed by atoms with van der Waals surface area (Å²) in [6.07, 6.45) is -0.366. The number of carbonyl (C=O) groups excluding carboxylic acids is 5. The lowest BCUT2D eigenvalue weighted by Crippen LogP contribution is -2.28. The van der Waals surface area contributed by atoms with Gasteiger partial charge in [0, 0.05) is 25.1 Å². The Morgan fingerprint density at radius 3 is 2.10 bits per heavy atom. The molecule has 2 saturated heterocycles. The second-order valence-corrected chi connectivity index (χ2v) is 4.38. The van der Waals surface area contributed by atoms with E-state index in [-0.39, 0.29) is 12.3 Å². The molecule has 0 aromatic carbocycles. The molecule has 0 radical (unpaired) electrons. The zero-order valence-electron chi connectivity index (χ0n) is 10.8. The molecule has 2 rings (SSSR count). The minimum absolute atomic E-state index is 0.245. The van der Waals surface area contributed by atoms with Gasteiger partial charge in [0.1, 0.15) is 0 Å². The first kappa shape index (κ1) is 14.7. The maximum absolute atomic E-state index is 11.4. The van der Waals surface area contributed by atoms with Crippen molar-refractivity contribution in [3.05, 3.63) is 12.2 Å². The van der Waals surface area contributed by atoms with E-state index in [9.17, 15) is 24.0 Å². The van der Waals surface area contributed by atoms with Crippen LogP contribution in [0.1, 0.15) is 12.8 Å². The molecule has 2 heterocycles. The number of esters is 2. The number of nitrogens with one attached hydrogen (secondary N) is 2. The molecule has 0 aromatic rings. The molecular formula is C12H12N2O7. The standard InChI is InChI=1S/C12H12N2O7/c15-8-5-7(12(19)14-8)21-10(17)2-1-9(16)20-6-3-4-13-11(6)18/h1-2,6-7H,3-5H2,(H,13,18)(H,14,15,19)/b2-1+. The average molecular weight is 296 g/mol. The second kappa shape index (κ2) is 6.16. The summed E-state index contributed by atoms with van der Waals surface area (Å²) in [5, 5.41) is 4.46. The lowest BCUT2D eigenvalue weighted by atomic mass is 10.3. The number of amides is 3. The molecule has 0 aliphatic carbocycles. The number of ether oxygens (including phenoxy) is 2. The van der Waals surface area contributed by atoms with Gasteiger partial charge in [0.05, 0.1) is 6.42 Å². The molecule has 0 aromatic heterocycles. The van der Waals surface area contributed by atoms with Crippen LogP contribution in [0.25, 0.3) is 0 Å². The number of carbonyl (C=O) groups is 5. The van der Waals surface area contributed by atoms with Crippen molar-refractivity contribution in [1.29, 1.82) is 0 Å². The third-order valence-electron chi connectivity index (χ3n) is 2.80. The van der Waals surface area contributed by atoms with Crippen molar-refractivity contribution >= 4 is 29.7 Å². The molecule has 0 spiro atoms. The van der Waals surface area contributed by atoms with Crippen molar-refractivity contribution in [1.82, 2.24) is 10.6 Å². The van der Waals surface area contributed by atoms with Gasteiger partial charge in [0.2, 0.25) is 5.91 Å². The van der Waals surface area contributed by atoms with E-state index in [0.717, 1.165) is 12.2 Å². The summed E-state index contributed by atoms with van der Waals surface area (Å²) >= 11 is 0. The fraction of sp³-hybridized carbons (Fsp3) is 0.417. The first-order valence-electron chi connectivity index (χ1n) is 6.16. The SMILES string of the molecule is O=C1CC(OC(=O)/C=C/C(=O)OC2CCNC2=O)C(=O)N1. The molecular weight excluding hydrogens is 284 g/mol. The average Bonchev–Trinajstić information content (AvgIpc) is 2.94. The van der Waals surface area contributed by atoms with E-state index in [4.69, 9.17) is 4.74 Å². The van der Waals surface area contributed by atoms with Crippen molar-refractivity contribution in [3.63, 3.8) is 0 Å². The Morgan fingerprint density at radius 1 is 1.00 bits per heavy atom.